The molecule has 2 rings (SSSR count). The quantitative estimate of drug-likeness (QED) is 0.542. The van der Waals surface area contributed by atoms with Crippen LogP contribution in [-0.4, -0.2) is 35.7 Å². The van der Waals surface area contributed by atoms with E-state index < -0.39 is 25.7 Å². The second kappa shape index (κ2) is 4.74. The molecule has 5 N–H and O–H groups in total. The van der Waals surface area contributed by atoms with Crippen LogP contribution in [0.15, 0.2) is 11.1 Å². The van der Waals surface area contributed by atoms with E-state index in [1.807, 2.05) is 0 Å². The first-order valence-electron chi connectivity index (χ1n) is 5.16. The van der Waals surface area contributed by atoms with E-state index in [4.69, 9.17) is 20.3 Å². The second-order valence-corrected chi connectivity index (χ2v) is 5.42. The maximum absolute atomic E-state index is 11.5. The highest BCUT2D eigenvalue weighted by Gasteiger charge is 2.18. The van der Waals surface area contributed by atoms with Gasteiger partial charge in [0.1, 0.15) is 6.23 Å². The first-order chi connectivity index (χ1) is 8.78. The van der Waals surface area contributed by atoms with Gasteiger partial charge in [0.2, 0.25) is 5.95 Å². The van der Waals surface area contributed by atoms with Gasteiger partial charge in [0, 0.05) is 0 Å². The molecule has 0 bridgehead atoms. The van der Waals surface area contributed by atoms with Gasteiger partial charge in [0.25, 0.3) is 5.56 Å². The molecule has 11 heteroatoms. The third kappa shape index (κ3) is 2.99. The Hall–Kier alpha value is -1.74. The van der Waals surface area contributed by atoms with Crippen LogP contribution >= 0.6 is 7.60 Å². The molecular weight excluding hydrogens is 277 g/mol. The van der Waals surface area contributed by atoms with Crippen LogP contribution in [0.5, 0.6) is 0 Å². The molecule has 0 radical (unpaired) electrons. The number of aromatic amines is 1. The molecule has 0 aliphatic carbocycles. The highest BCUT2D eigenvalue weighted by atomic mass is 31.2. The van der Waals surface area contributed by atoms with Crippen LogP contribution in [0, 0.1) is 0 Å². The van der Waals surface area contributed by atoms with Crippen molar-refractivity contribution in [1.29, 1.82) is 0 Å². The van der Waals surface area contributed by atoms with Crippen molar-refractivity contribution in [3.8, 4) is 0 Å². The van der Waals surface area contributed by atoms with Gasteiger partial charge >= 0.3 is 7.60 Å². The molecule has 0 amide bonds. The van der Waals surface area contributed by atoms with E-state index in [1.54, 1.807) is 0 Å². The smallest absolute Gasteiger partial charge is 0.351 e. The summed E-state index contributed by atoms with van der Waals surface area (Å²) in [5.41, 5.74) is 5.18. The van der Waals surface area contributed by atoms with Crippen LogP contribution < -0.4 is 11.3 Å². The molecule has 2 aromatic heterocycles. The lowest BCUT2D eigenvalue weighted by molar-refractivity contribution is 0.0392. The number of nitrogens with one attached hydrogen (secondary N) is 1. The number of fused-ring (bicyclic) bond motifs is 1. The number of aromatic nitrogens is 4. The lowest BCUT2D eigenvalue weighted by atomic mass is 10.5. The van der Waals surface area contributed by atoms with Crippen molar-refractivity contribution in [1.82, 2.24) is 19.5 Å². The minimum atomic E-state index is -4.27. The molecule has 0 saturated carbocycles. The molecule has 10 nitrogen and oxygen atoms in total. The number of hydrogen-bond donors (Lipinski definition) is 4. The zero-order valence-electron chi connectivity index (χ0n) is 9.85. The molecule has 0 spiro atoms. The van der Waals surface area contributed by atoms with Crippen LogP contribution in [-0.2, 0) is 9.30 Å². The number of rotatable bonds is 4. The van der Waals surface area contributed by atoms with Crippen LogP contribution in [0.25, 0.3) is 11.2 Å². The van der Waals surface area contributed by atoms with Gasteiger partial charge in [-0.3, -0.25) is 18.9 Å². The van der Waals surface area contributed by atoms with Crippen molar-refractivity contribution in [3.05, 3.63) is 16.7 Å². The third-order valence-electron chi connectivity index (χ3n) is 2.33. The van der Waals surface area contributed by atoms with E-state index in [9.17, 15) is 9.36 Å². The Labute approximate surface area is 106 Å². The number of anilines is 1. The van der Waals surface area contributed by atoms with Crippen LogP contribution in [0.4, 0.5) is 5.95 Å². The van der Waals surface area contributed by atoms with E-state index in [1.165, 1.54) is 17.8 Å². The first kappa shape index (κ1) is 13.7. The molecule has 0 saturated heterocycles. The number of nitrogens with two attached hydrogens (primary N) is 1. The molecule has 0 aliphatic heterocycles. The van der Waals surface area contributed by atoms with Crippen molar-refractivity contribution in [2.24, 2.45) is 0 Å². The fourth-order valence-corrected chi connectivity index (χ4v) is 1.90. The summed E-state index contributed by atoms with van der Waals surface area (Å²) < 4.78 is 17.1. The predicted molar refractivity (Wildman–Crippen MR) is 65.3 cm³/mol. The van der Waals surface area contributed by atoms with Crippen LogP contribution in [0.3, 0.4) is 0 Å². The fourth-order valence-electron chi connectivity index (χ4n) is 1.49. The van der Waals surface area contributed by atoms with Crippen molar-refractivity contribution >= 4 is 24.7 Å². The Bertz CT molecular complexity index is 703. The van der Waals surface area contributed by atoms with Gasteiger partial charge in [0.15, 0.2) is 17.5 Å². The van der Waals surface area contributed by atoms with Gasteiger partial charge in [-0.05, 0) is 6.92 Å². The Morgan fingerprint density at radius 2 is 2.32 bits per heavy atom. The molecule has 1 atom stereocenters. The number of ether oxygens (including phenoxy) is 1. The van der Waals surface area contributed by atoms with E-state index >= 15 is 0 Å². The van der Waals surface area contributed by atoms with E-state index in [0.717, 1.165) is 0 Å². The zero-order chi connectivity index (χ0) is 14.2. The van der Waals surface area contributed by atoms with Gasteiger partial charge in [-0.25, -0.2) is 4.98 Å². The minimum absolute atomic E-state index is 0.0702. The maximum Gasteiger partial charge on any atom is 0.351 e. The number of hydrogen-bond acceptors (Lipinski definition) is 6. The Morgan fingerprint density at radius 1 is 1.63 bits per heavy atom. The summed E-state index contributed by atoms with van der Waals surface area (Å²) in [6.45, 7) is 1.54. The molecule has 19 heavy (non-hydrogen) atoms. The van der Waals surface area contributed by atoms with Gasteiger partial charge in [-0.15, -0.1) is 0 Å². The van der Waals surface area contributed by atoms with Crippen LogP contribution in [0.1, 0.15) is 13.2 Å². The highest BCUT2D eigenvalue weighted by Crippen LogP contribution is 2.35. The summed E-state index contributed by atoms with van der Waals surface area (Å²) in [7, 11) is -4.27. The Kier molecular flexibility index (Phi) is 3.42. The summed E-state index contributed by atoms with van der Waals surface area (Å²) in [6, 6.07) is 0. The molecule has 2 heterocycles. The Morgan fingerprint density at radius 3 is 2.95 bits per heavy atom. The lowest BCUT2D eigenvalue weighted by Crippen LogP contribution is -2.14. The van der Waals surface area contributed by atoms with Crippen molar-refractivity contribution in [2.75, 3.05) is 12.1 Å². The number of nitrogens with zero attached hydrogens (tertiary/aromatic N) is 3. The number of nitrogen functional groups attached to an aromatic ring is 1. The number of H-pyrrole nitrogens is 1. The van der Waals surface area contributed by atoms with Crippen LogP contribution in [0.2, 0.25) is 0 Å². The molecule has 104 valence electrons. The maximum atomic E-state index is 11.5. The Balaban J connectivity index is 2.35. The summed E-state index contributed by atoms with van der Waals surface area (Å²) in [4.78, 5) is 39.1. The summed E-state index contributed by atoms with van der Waals surface area (Å²) in [6.07, 6.45) is -0.213. The summed E-state index contributed by atoms with van der Waals surface area (Å²) in [5, 5.41) is 0. The second-order valence-electron chi connectivity index (χ2n) is 3.83. The van der Waals surface area contributed by atoms with E-state index in [-0.39, 0.29) is 17.1 Å². The lowest BCUT2D eigenvalue weighted by Gasteiger charge is -2.15. The molecule has 0 aromatic carbocycles. The SMILES string of the molecule is CC(OCP(=O)(O)O)n1cnc2c(=O)[nH]c(N)nc21. The van der Waals surface area contributed by atoms with Gasteiger partial charge in [-0.1, -0.05) is 0 Å². The van der Waals surface area contributed by atoms with E-state index in [2.05, 4.69) is 15.0 Å². The topological polar surface area (TPSA) is 156 Å². The molecule has 0 fully saturated rings. The van der Waals surface area contributed by atoms with Gasteiger partial charge < -0.3 is 20.3 Å². The van der Waals surface area contributed by atoms with Crippen molar-refractivity contribution < 1.29 is 19.1 Å². The highest BCUT2D eigenvalue weighted by molar-refractivity contribution is 7.51. The predicted octanol–water partition coefficient (Wildman–Crippen LogP) is -0.628. The molecule has 1 unspecified atom stereocenters. The fraction of sp³-hybridized carbons (Fsp3) is 0.375. The zero-order valence-corrected chi connectivity index (χ0v) is 10.7. The van der Waals surface area contributed by atoms with Crippen molar-refractivity contribution in [2.45, 2.75) is 13.2 Å². The largest absolute Gasteiger partial charge is 0.369 e. The summed E-state index contributed by atoms with van der Waals surface area (Å²) >= 11 is 0. The van der Waals surface area contributed by atoms with E-state index in [0.29, 0.717) is 0 Å². The van der Waals surface area contributed by atoms with Gasteiger partial charge in [-0.2, -0.15) is 4.98 Å². The average Bonchev–Trinajstić information content (AvgIpc) is 2.68. The first-order valence-corrected chi connectivity index (χ1v) is 6.96. The monoisotopic (exact) mass is 289 g/mol. The normalized spacial score (nSPS) is 13.8. The molecular formula is C8H12N5O5P. The van der Waals surface area contributed by atoms with Crippen molar-refractivity contribution in [3.63, 3.8) is 0 Å². The third-order valence-corrected chi connectivity index (χ3v) is 2.81. The number of imidazole rings is 1. The summed E-state index contributed by atoms with van der Waals surface area (Å²) in [5.74, 6) is -0.0820. The van der Waals surface area contributed by atoms with Gasteiger partial charge in [0.05, 0.1) is 6.33 Å². The molecule has 2 aromatic rings. The standard InChI is InChI=1S/C8H12N5O5P/c1-4(18-3-19(15,16)17)13-2-10-5-6(13)11-8(9)12-7(5)14/h2,4H,3H2,1H3,(H2,15,16,17)(H3,9,11,12,14). The minimum Gasteiger partial charge on any atom is -0.369 e. The molecule has 0 aliphatic rings. The average molecular weight is 289 g/mol.